The van der Waals surface area contributed by atoms with Crippen LogP contribution in [0.5, 0.6) is 0 Å². The second-order valence-electron chi connectivity index (χ2n) is 4.59. The summed E-state index contributed by atoms with van der Waals surface area (Å²) in [6.45, 7) is 13.8. The molecule has 0 radical (unpaired) electrons. The number of ketones is 1. The lowest BCUT2D eigenvalue weighted by Gasteiger charge is -2.28. The molecule has 0 aliphatic carbocycles. The van der Waals surface area contributed by atoms with Gasteiger partial charge in [-0.15, -0.1) is 0 Å². The van der Waals surface area contributed by atoms with Crippen molar-refractivity contribution in [2.75, 3.05) is 32.2 Å². The fourth-order valence-electron chi connectivity index (χ4n) is 2.01. The minimum Gasteiger partial charge on any atom is -0.388 e. The first kappa shape index (κ1) is 22.9. The molecule has 1 aliphatic rings. The Kier molecular flexibility index (Phi) is 15.1. The van der Waals surface area contributed by atoms with E-state index in [9.17, 15) is 4.79 Å². The molecule has 1 fully saturated rings. The van der Waals surface area contributed by atoms with Crippen molar-refractivity contribution < 1.29 is 9.53 Å². The van der Waals surface area contributed by atoms with E-state index in [0.717, 1.165) is 18.9 Å². The highest BCUT2D eigenvalue weighted by molar-refractivity contribution is 5.80. The molecule has 0 spiro atoms. The summed E-state index contributed by atoms with van der Waals surface area (Å²) in [5, 5.41) is 0. The number of hydrogen-bond acceptors (Lipinski definition) is 4. The van der Waals surface area contributed by atoms with Gasteiger partial charge in [0.25, 0.3) is 0 Å². The van der Waals surface area contributed by atoms with E-state index in [2.05, 4.69) is 27.6 Å². The van der Waals surface area contributed by atoms with Crippen LogP contribution in [0.15, 0.2) is 12.3 Å². The summed E-state index contributed by atoms with van der Waals surface area (Å²) in [5.41, 5.74) is 2.38. The molecule has 4 nitrogen and oxygen atoms in total. The van der Waals surface area contributed by atoms with E-state index in [4.69, 9.17) is 0 Å². The van der Waals surface area contributed by atoms with Crippen LogP contribution in [0, 0.1) is 13.8 Å². The number of pyridine rings is 1. The Morgan fingerprint density at radius 2 is 1.50 bits per heavy atom. The lowest BCUT2D eigenvalue weighted by atomic mass is 10.1. The second-order valence-corrected chi connectivity index (χ2v) is 4.59. The third-order valence-electron chi connectivity index (χ3n) is 2.81. The summed E-state index contributed by atoms with van der Waals surface area (Å²) < 4.78 is 4.25. The van der Waals surface area contributed by atoms with E-state index >= 15 is 0 Å². The van der Waals surface area contributed by atoms with Crippen molar-refractivity contribution >= 4 is 11.6 Å². The molecule has 0 aromatic carbocycles. The Hall–Kier alpha value is -1.42. The predicted octanol–water partition coefficient (Wildman–Crippen LogP) is 4.18. The van der Waals surface area contributed by atoms with Gasteiger partial charge in [0.2, 0.25) is 0 Å². The van der Waals surface area contributed by atoms with Gasteiger partial charge in [-0.05, 0) is 25.0 Å². The van der Waals surface area contributed by atoms with Crippen molar-refractivity contribution in [3.63, 3.8) is 0 Å². The van der Waals surface area contributed by atoms with Gasteiger partial charge in [-0.25, -0.2) is 4.98 Å². The van der Waals surface area contributed by atoms with E-state index in [1.165, 1.54) is 11.1 Å². The van der Waals surface area contributed by atoms with Crippen LogP contribution in [0.1, 0.15) is 51.7 Å². The lowest BCUT2D eigenvalue weighted by molar-refractivity contribution is -0.119. The number of rotatable bonds is 1. The van der Waals surface area contributed by atoms with Crippen LogP contribution in [0.2, 0.25) is 0 Å². The van der Waals surface area contributed by atoms with E-state index in [0.29, 0.717) is 18.6 Å². The average Bonchev–Trinajstić information content (AvgIpc) is 2.53. The first-order valence-corrected chi connectivity index (χ1v) is 8.18. The van der Waals surface area contributed by atoms with Crippen molar-refractivity contribution in [2.24, 2.45) is 0 Å². The molecule has 4 heteroatoms. The SMILES string of the molecule is CC.CC.COC.Cc1cnc(N2CCC(=O)CC2)c(C)c1. The average molecular weight is 310 g/mol. The fraction of sp³-hybridized carbons (Fsp3) is 0.667. The first-order chi connectivity index (χ1) is 10.6. The Bertz CT molecular complexity index is 396. The molecule has 0 N–H and O–H groups in total. The van der Waals surface area contributed by atoms with Crippen molar-refractivity contribution in [3.8, 4) is 0 Å². The van der Waals surface area contributed by atoms with Crippen molar-refractivity contribution in [2.45, 2.75) is 54.4 Å². The quantitative estimate of drug-likeness (QED) is 0.780. The molecule has 0 bridgehead atoms. The molecule has 22 heavy (non-hydrogen) atoms. The van der Waals surface area contributed by atoms with Crippen molar-refractivity contribution in [1.29, 1.82) is 0 Å². The standard InChI is InChI=1S/C12H16N2O.C2H6O.2C2H6/c1-9-7-10(2)12(13-8-9)14-5-3-11(15)4-6-14;1-3-2;2*1-2/h7-8H,3-6H2,1-2H3;1-2H3;2*1-2H3. The zero-order chi connectivity index (χ0) is 17.5. The summed E-state index contributed by atoms with van der Waals surface area (Å²) in [7, 11) is 3.25. The molecule has 1 aromatic heterocycles. The van der Waals surface area contributed by atoms with Crippen LogP contribution >= 0.6 is 0 Å². The number of anilines is 1. The van der Waals surface area contributed by atoms with Gasteiger partial charge < -0.3 is 9.64 Å². The molecule has 1 saturated heterocycles. The van der Waals surface area contributed by atoms with Crippen LogP contribution < -0.4 is 4.90 Å². The highest BCUT2D eigenvalue weighted by Gasteiger charge is 2.18. The Morgan fingerprint density at radius 3 is 1.91 bits per heavy atom. The summed E-state index contributed by atoms with van der Waals surface area (Å²) in [6.07, 6.45) is 3.21. The van der Waals surface area contributed by atoms with Gasteiger partial charge in [0.1, 0.15) is 11.6 Å². The van der Waals surface area contributed by atoms with Crippen molar-refractivity contribution in [1.82, 2.24) is 4.98 Å². The number of Topliss-reactive ketones (excluding diaryl/α,β-unsaturated/α-hetero) is 1. The molecule has 1 aliphatic heterocycles. The Labute approximate surface area is 136 Å². The van der Waals surface area contributed by atoms with Crippen LogP contribution in [0.25, 0.3) is 0 Å². The molecule has 2 rings (SSSR count). The molecule has 0 amide bonds. The van der Waals surface area contributed by atoms with Crippen LogP contribution in [0.4, 0.5) is 5.82 Å². The smallest absolute Gasteiger partial charge is 0.136 e. The van der Waals surface area contributed by atoms with Gasteiger partial charge in [-0.2, -0.15) is 0 Å². The monoisotopic (exact) mass is 310 g/mol. The van der Waals surface area contributed by atoms with Crippen LogP contribution in [0.3, 0.4) is 0 Å². The van der Waals surface area contributed by atoms with Gasteiger partial charge in [0, 0.05) is 46.3 Å². The number of aryl methyl sites for hydroxylation is 2. The molecule has 0 unspecified atom stereocenters. The molecule has 0 atom stereocenters. The van der Waals surface area contributed by atoms with E-state index in [1.807, 2.05) is 40.8 Å². The third kappa shape index (κ3) is 8.78. The minimum atomic E-state index is 0.371. The summed E-state index contributed by atoms with van der Waals surface area (Å²) in [4.78, 5) is 17.8. The molecular formula is C18H34N2O2. The summed E-state index contributed by atoms with van der Waals surface area (Å²) >= 11 is 0. The van der Waals surface area contributed by atoms with Crippen LogP contribution in [-0.2, 0) is 9.53 Å². The first-order valence-electron chi connectivity index (χ1n) is 8.18. The number of carbonyl (C=O) groups is 1. The maximum absolute atomic E-state index is 11.1. The van der Waals surface area contributed by atoms with Gasteiger partial charge >= 0.3 is 0 Å². The zero-order valence-electron chi connectivity index (χ0n) is 15.7. The number of aromatic nitrogens is 1. The number of hydrogen-bond donors (Lipinski definition) is 0. The number of nitrogens with zero attached hydrogens (tertiary/aromatic N) is 2. The van der Waals surface area contributed by atoms with Crippen LogP contribution in [-0.4, -0.2) is 38.1 Å². The topological polar surface area (TPSA) is 42.4 Å². The molecule has 1 aromatic rings. The lowest BCUT2D eigenvalue weighted by Crippen LogP contribution is -2.34. The van der Waals surface area contributed by atoms with Gasteiger partial charge in [-0.1, -0.05) is 33.8 Å². The van der Waals surface area contributed by atoms with Gasteiger partial charge in [-0.3, -0.25) is 4.79 Å². The summed E-state index contributed by atoms with van der Waals surface area (Å²) in [6, 6.07) is 2.14. The number of ether oxygens (including phenoxy) is 1. The van der Waals surface area contributed by atoms with E-state index in [-0.39, 0.29) is 0 Å². The predicted molar refractivity (Wildman–Crippen MR) is 95.8 cm³/mol. The normalized spacial score (nSPS) is 12.9. The van der Waals surface area contributed by atoms with Gasteiger partial charge in [0.05, 0.1) is 0 Å². The summed E-state index contributed by atoms with van der Waals surface area (Å²) in [5.74, 6) is 1.41. The fourth-order valence-corrected chi connectivity index (χ4v) is 2.01. The number of methoxy groups -OCH3 is 1. The molecular weight excluding hydrogens is 276 g/mol. The Morgan fingerprint density at radius 1 is 1.05 bits per heavy atom. The second kappa shape index (κ2) is 14.5. The van der Waals surface area contributed by atoms with E-state index < -0.39 is 0 Å². The maximum atomic E-state index is 11.1. The number of piperidine rings is 1. The van der Waals surface area contributed by atoms with Gasteiger partial charge in [0.15, 0.2) is 0 Å². The molecule has 2 heterocycles. The highest BCUT2D eigenvalue weighted by atomic mass is 16.4. The molecule has 128 valence electrons. The third-order valence-corrected chi connectivity index (χ3v) is 2.81. The highest BCUT2D eigenvalue weighted by Crippen LogP contribution is 2.20. The molecule has 0 saturated carbocycles. The maximum Gasteiger partial charge on any atom is 0.136 e. The largest absolute Gasteiger partial charge is 0.388 e. The number of carbonyl (C=O) groups excluding carboxylic acids is 1. The van der Waals surface area contributed by atoms with Crippen molar-refractivity contribution in [3.05, 3.63) is 23.4 Å². The zero-order valence-corrected chi connectivity index (χ0v) is 15.7. The Balaban J connectivity index is 0. The minimum absolute atomic E-state index is 0.371. The van der Waals surface area contributed by atoms with E-state index in [1.54, 1.807) is 14.2 Å².